The summed E-state index contributed by atoms with van der Waals surface area (Å²) < 4.78 is 41.1. The molecule has 1 amide bonds. The van der Waals surface area contributed by atoms with Gasteiger partial charge in [-0.1, -0.05) is 17.7 Å². The van der Waals surface area contributed by atoms with Gasteiger partial charge in [-0.05, 0) is 68.5 Å². The van der Waals surface area contributed by atoms with E-state index in [9.17, 15) is 17.6 Å². The first-order valence-corrected chi connectivity index (χ1v) is 11.9. The predicted molar refractivity (Wildman–Crippen MR) is 118 cm³/mol. The lowest BCUT2D eigenvalue weighted by atomic mass is 9.89. The quantitative estimate of drug-likeness (QED) is 0.631. The molecule has 8 heteroatoms. The van der Waals surface area contributed by atoms with Crippen molar-refractivity contribution in [3.8, 4) is 0 Å². The number of aromatic amines is 1. The zero-order valence-corrected chi connectivity index (χ0v) is 18.4. The van der Waals surface area contributed by atoms with E-state index in [1.807, 2.05) is 13.1 Å². The fraction of sp³-hybridized carbons (Fsp3) is 0.348. The number of fused-ring (bicyclic) bond motifs is 1. The predicted octanol–water partition coefficient (Wildman–Crippen LogP) is 3.69. The van der Waals surface area contributed by atoms with Crippen molar-refractivity contribution in [1.29, 1.82) is 0 Å². The maximum absolute atomic E-state index is 13.4. The Morgan fingerprint density at radius 3 is 2.52 bits per heavy atom. The Labute approximate surface area is 181 Å². The average Bonchev–Trinajstić information content (AvgIpc) is 3.16. The third-order valence-corrected chi connectivity index (χ3v) is 7.51. The number of nitrogens with one attached hydrogen (secondary N) is 2. The van der Waals surface area contributed by atoms with Crippen molar-refractivity contribution in [2.45, 2.75) is 43.5 Å². The molecule has 6 nitrogen and oxygen atoms in total. The van der Waals surface area contributed by atoms with Crippen LogP contribution in [0.15, 0.2) is 53.6 Å². The number of piperidine rings is 1. The number of hydrogen-bond acceptors (Lipinski definition) is 3. The van der Waals surface area contributed by atoms with Crippen LogP contribution < -0.4 is 4.72 Å². The molecule has 1 atom stereocenters. The van der Waals surface area contributed by atoms with Gasteiger partial charge in [-0.25, -0.2) is 12.8 Å². The number of H-pyrrole nitrogens is 1. The number of halogens is 1. The number of benzene rings is 2. The fourth-order valence-electron chi connectivity index (χ4n) is 4.21. The van der Waals surface area contributed by atoms with Crippen LogP contribution in [0.3, 0.4) is 0 Å². The van der Waals surface area contributed by atoms with Gasteiger partial charge in [0.05, 0.1) is 10.9 Å². The lowest BCUT2D eigenvalue weighted by Gasteiger charge is -2.33. The van der Waals surface area contributed by atoms with E-state index in [2.05, 4.69) is 9.71 Å². The molecule has 1 aliphatic rings. The van der Waals surface area contributed by atoms with Gasteiger partial charge in [-0.2, -0.15) is 4.72 Å². The monoisotopic (exact) mass is 443 g/mol. The molecule has 3 aromatic rings. The number of likely N-dealkylation sites (tertiary alicyclic amines) is 1. The standard InChI is InChI=1S/C23H26FN3O3S/c1-15-3-6-19(7-4-15)31(29,30)26-16(2)23(28)27-11-9-17(10-12-27)21-14-25-22-13-18(24)5-8-20(21)22/h3-8,13-14,16-17,25-26H,9-12H2,1-2H3/t16-/m0/s1. The maximum atomic E-state index is 13.4. The first-order valence-electron chi connectivity index (χ1n) is 10.4. The molecule has 1 aliphatic heterocycles. The van der Waals surface area contributed by atoms with Crippen LogP contribution in [0.2, 0.25) is 0 Å². The van der Waals surface area contributed by atoms with Crippen LogP contribution in [0.25, 0.3) is 10.9 Å². The van der Waals surface area contributed by atoms with Gasteiger partial charge in [0.2, 0.25) is 15.9 Å². The highest BCUT2D eigenvalue weighted by Crippen LogP contribution is 2.33. The summed E-state index contributed by atoms with van der Waals surface area (Å²) in [4.78, 5) is 17.8. The number of carbonyl (C=O) groups is 1. The van der Waals surface area contributed by atoms with Crippen molar-refractivity contribution in [2.24, 2.45) is 0 Å². The molecule has 1 saturated heterocycles. The number of carbonyl (C=O) groups excluding carboxylic acids is 1. The second kappa shape index (κ2) is 8.43. The first-order chi connectivity index (χ1) is 14.7. The lowest BCUT2D eigenvalue weighted by Crippen LogP contribution is -2.49. The highest BCUT2D eigenvalue weighted by atomic mass is 32.2. The Bertz CT molecular complexity index is 1200. The van der Waals surface area contributed by atoms with Gasteiger partial charge in [0.15, 0.2) is 0 Å². The smallest absolute Gasteiger partial charge is 0.241 e. The van der Waals surface area contributed by atoms with E-state index >= 15 is 0 Å². The Hall–Kier alpha value is -2.71. The zero-order chi connectivity index (χ0) is 22.2. The molecule has 0 spiro atoms. The molecule has 164 valence electrons. The summed E-state index contributed by atoms with van der Waals surface area (Å²) in [6.07, 6.45) is 3.46. The van der Waals surface area contributed by atoms with E-state index in [0.717, 1.165) is 34.9 Å². The minimum absolute atomic E-state index is 0.146. The zero-order valence-electron chi connectivity index (χ0n) is 17.6. The number of sulfonamides is 1. The molecule has 2 heterocycles. The van der Waals surface area contributed by atoms with Crippen LogP contribution in [-0.2, 0) is 14.8 Å². The Kier molecular flexibility index (Phi) is 5.85. The molecule has 0 bridgehead atoms. The average molecular weight is 444 g/mol. The van der Waals surface area contributed by atoms with E-state index in [1.165, 1.54) is 24.3 Å². The van der Waals surface area contributed by atoms with Crippen molar-refractivity contribution in [3.05, 3.63) is 65.6 Å². The summed E-state index contributed by atoms with van der Waals surface area (Å²) in [5, 5.41) is 1.01. The van der Waals surface area contributed by atoms with Crippen molar-refractivity contribution < 1.29 is 17.6 Å². The normalized spacial score (nSPS) is 16.5. The van der Waals surface area contributed by atoms with E-state index < -0.39 is 16.1 Å². The molecule has 0 unspecified atom stereocenters. The summed E-state index contributed by atoms with van der Waals surface area (Å²) in [7, 11) is -3.77. The number of hydrogen-bond donors (Lipinski definition) is 2. The van der Waals surface area contributed by atoms with Crippen LogP contribution in [0.1, 0.15) is 36.8 Å². The largest absolute Gasteiger partial charge is 0.361 e. The summed E-state index contributed by atoms with van der Waals surface area (Å²) in [5.74, 6) is -0.235. The van der Waals surface area contributed by atoms with Crippen molar-refractivity contribution in [1.82, 2.24) is 14.6 Å². The number of nitrogens with zero attached hydrogens (tertiary/aromatic N) is 1. The van der Waals surface area contributed by atoms with E-state index in [4.69, 9.17) is 0 Å². The van der Waals surface area contributed by atoms with Gasteiger partial charge in [-0.15, -0.1) is 0 Å². The minimum atomic E-state index is -3.77. The van der Waals surface area contributed by atoms with Crippen molar-refractivity contribution in [2.75, 3.05) is 13.1 Å². The topological polar surface area (TPSA) is 82.3 Å². The third kappa shape index (κ3) is 4.50. The Balaban J connectivity index is 1.39. The number of rotatable bonds is 5. The van der Waals surface area contributed by atoms with Gasteiger partial charge >= 0.3 is 0 Å². The summed E-state index contributed by atoms with van der Waals surface area (Å²) >= 11 is 0. The molecule has 1 fully saturated rings. The molecule has 0 radical (unpaired) electrons. The number of aryl methyl sites for hydroxylation is 1. The van der Waals surface area contributed by atoms with E-state index in [-0.39, 0.29) is 22.5 Å². The molecule has 31 heavy (non-hydrogen) atoms. The molecule has 2 N–H and O–H groups in total. The summed E-state index contributed by atoms with van der Waals surface area (Å²) in [6, 6.07) is 10.4. The van der Waals surface area contributed by atoms with Crippen molar-refractivity contribution in [3.63, 3.8) is 0 Å². The highest BCUT2D eigenvalue weighted by molar-refractivity contribution is 7.89. The third-order valence-electron chi connectivity index (χ3n) is 5.96. The SMILES string of the molecule is Cc1ccc(S(=O)(=O)N[C@@H](C)C(=O)N2CCC(c3c[nH]c4cc(F)ccc34)CC2)cc1. The van der Waals surface area contributed by atoms with Crippen LogP contribution >= 0.6 is 0 Å². The highest BCUT2D eigenvalue weighted by Gasteiger charge is 2.30. The molecule has 0 aliphatic carbocycles. The summed E-state index contributed by atoms with van der Waals surface area (Å²) in [5.41, 5.74) is 2.87. The van der Waals surface area contributed by atoms with Crippen LogP contribution in [0.4, 0.5) is 4.39 Å². The fourth-order valence-corrected chi connectivity index (χ4v) is 5.41. The lowest BCUT2D eigenvalue weighted by molar-refractivity contribution is -0.133. The molecule has 2 aromatic carbocycles. The second-order valence-corrected chi connectivity index (χ2v) is 9.90. The van der Waals surface area contributed by atoms with Crippen molar-refractivity contribution >= 4 is 26.8 Å². The maximum Gasteiger partial charge on any atom is 0.241 e. The molecule has 1 aromatic heterocycles. The van der Waals surface area contributed by atoms with Gasteiger partial charge in [-0.3, -0.25) is 4.79 Å². The van der Waals surface area contributed by atoms with Gasteiger partial charge < -0.3 is 9.88 Å². The van der Waals surface area contributed by atoms with E-state index in [1.54, 1.807) is 30.0 Å². The Morgan fingerprint density at radius 2 is 1.84 bits per heavy atom. The molecular weight excluding hydrogens is 417 g/mol. The first kappa shape index (κ1) is 21.5. The van der Waals surface area contributed by atoms with Crippen LogP contribution in [-0.4, -0.2) is 43.3 Å². The van der Waals surface area contributed by atoms with Gasteiger partial charge in [0.25, 0.3) is 0 Å². The number of aromatic nitrogens is 1. The molecular formula is C23H26FN3O3S. The summed E-state index contributed by atoms with van der Waals surface area (Å²) in [6.45, 7) is 4.56. The van der Waals surface area contributed by atoms with Gasteiger partial charge in [0.1, 0.15) is 5.82 Å². The van der Waals surface area contributed by atoms with E-state index in [0.29, 0.717) is 13.1 Å². The second-order valence-electron chi connectivity index (χ2n) is 8.19. The molecule has 0 saturated carbocycles. The Morgan fingerprint density at radius 1 is 1.16 bits per heavy atom. The van der Waals surface area contributed by atoms with Crippen LogP contribution in [0.5, 0.6) is 0 Å². The molecule has 4 rings (SSSR count). The minimum Gasteiger partial charge on any atom is -0.361 e. The van der Waals surface area contributed by atoms with Gasteiger partial charge in [0, 0.05) is 30.2 Å². The van der Waals surface area contributed by atoms with Crippen LogP contribution in [0, 0.1) is 12.7 Å². The number of amides is 1.